The zero-order valence-electron chi connectivity index (χ0n) is 13.6. The predicted molar refractivity (Wildman–Crippen MR) is 95.7 cm³/mol. The Balaban J connectivity index is 1.58. The summed E-state index contributed by atoms with van der Waals surface area (Å²) in [4.78, 5) is 30.8. The molecule has 0 unspecified atom stereocenters. The van der Waals surface area contributed by atoms with Crippen LogP contribution < -0.4 is 4.90 Å². The summed E-state index contributed by atoms with van der Waals surface area (Å²) in [6.45, 7) is 0. The Morgan fingerprint density at radius 1 is 0.760 bits per heavy atom. The number of anilines is 1. The highest BCUT2D eigenvalue weighted by Crippen LogP contribution is 2.28. The molecule has 1 aliphatic heterocycles. The summed E-state index contributed by atoms with van der Waals surface area (Å²) >= 11 is 0. The monoisotopic (exact) mass is 328 g/mol. The number of amides is 2. The van der Waals surface area contributed by atoms with Gasteiger partial charge >= 0.3 is 0 Å². The van der Waals surface area contributed by atoms with Gasteiger partial charge in [0.2, 0.25) is 0 Å². The third-order valence-corrected chi connectivity index (χ3v) is 4.36. The van der Waals surface area contributed by atoms with E-state index in [0.29, 0.717) is 16.8 Å². The van der Waals surface area contributed by atoms with Crippen LogP contribution in [0.2, 0.25) is 0 Å². The number of nitrogens with zero attached hydrogens (tertiary/aromatic N) is 2. The lowest BCUT2D eigenvalue weighted by Gasteiger charge is -2.15. The lowest BCUT2D eigenvalue weighted by atomic mass is 10.1. The first kappa shape index (κ1) is 15.3. The highest BCUT2D eigenvalue weighted by Gasteiger charge is 2.36. The van der Waals surface area contributed by atoms with Crippen molar-refractivity contribution in [1.82, 2.24) is 4.98 Å². The molecule has 1 aromatic heterocycles. The van der Waals surface area contributed by atoms with Gasteiger partial charge in [-0.05, 0) is 54.8 Å². The fraction of sp³-hybridized carbons (Fsp3) is 0.0952. The second kappa shape index (κ2) is 6.32. The van der Waals surface area contributed by atoms with Gasteiger partial charge in [-0.2, -0.15) is 0 Å². The van der Waals surface area contributed by atoms with Gasteiger partial charge in [0.25, 0.3) is 11.8 Å². The van der Waals surface area contributed by atoms with Crippen LogP contribution >= 0.6 is 0 Å². The largest absolute Gasteiger partial charge is 0.268 e. The molecule has 4 rings (SSSR count). The number of pyridine rings is 1. The molecule has 25 heavy (non-hydrogen) atoms. The topological polar surface area (TPSA) is 50.3 Å². The number of benzene rings is 2. The normalized spacial score (nSPS) is 13.2. The Bertz CT molecular complexity index is 916. The molecule has 3 aromatic rings. The van der Waals surface area contributed by atoms with Crippen molar-refractivity contribution in [3.05, 3.63) is 95.3 Å². The van der Waals surface area contributed by atoms with E-state index in [1.807, 2.05) is 36.4 Å². The van der Waals surface area contributed by atoms with Crippen LogP contribution in [0.25, 0.3) is 0 Å². The molecule has 0 N–H and O–H groups in total. The van der Waals surface area contributed by atoms with Gasteiger partial charge in [-0.1, -0.05) is 30.3 Å². The van der Waals surface area contributed by atoms with Gasteiger partial charge in [0, 0.05) is 11.9 Å². The fourth-order valence-electron chi connectivity index (χ4n) is 3.09. The van der Waals surface area contributed by atoms with Gasteiger partial charge in [0.05, 0.1) is 16.8 Å². The molecule has 0 aliphatic carbocycles. The quantitative estimate of drug-likeness (QED) is 0.687. The molecular weight excluding hydrogens is 312 g/mol. The summed E-state index contributed by atoms with van der Waals surface area (Å²) < 4.78 is 0. The number of aromatic nitrogens is 1. The standard InChI is InChI=1S/C21H16N2O2/c24-20-18-9-1-2-10-19(18)21(25)23(20)17-8-5-6-15(14-17)11-12-16-7-3-4-13-22-16/h1-10,13-14H,11-12H2. The predicted octanol–water partition coefficient (Wildman–Crippen LogP) is 3.67. The molecule has 0 radical (unpaired) electrons. The lowest BCUT2D eigenvalue weighted by molar-refractivity contribution is 0.0926. The van der Waals surface area contributed by atoms with Crippen molar-refractivity contribution < 1.29 is 9.59 Å². The molecule has 0 spiro atoms. The molecule has 1 aliphatic rings. The van der Waals surface area contributed by atoms with Crippen LogP contribution in [-0.4, -0.2) is 16.8 Å². The molecule has 2 heterocycles. The number of rotatable bonds is 4. The number of carbonyl (C=O) groups is 2. The minimum Gasteiger partial charge on any atom is -0.268 e. The summed E-state index contributed by atoms with van der Waals surface area (Å²) in [6.07, 6.45) is 3.39. The molecule has 2 amide bonds. The average Bonchev–Trinajstić information content (AvgIpc) is 2.92. The Kier molecular flexibility index (Phi) is 3.86. The van der Waals surface area contributed by atoms with Crippen LogP contribution in [-0.2, 0) is 12.8 Å². The summed E-state index contributed by atoms with van der Waals surface area (Å²) in [5, 5.41) is 0. The zero-order valence-corrected chi connectivity index (χ0v) is 13.6. The first-order chi connectivity index (χ1) is 12.2. The van der Waals surface area contributed by atoms with E-state index in [9.17, 15) is 9.59 Å². The minimum atomic E-state index is -0.262. The van der Waals surface area contributed by atoms with E-state index in [1.54, 1.807) is 36.5 Å². The smallest absolute Gasteiger partial charge is 0.266 e. The highest BCUT2D eigenvalue weighted by atomic mass is 16.2. The number of aryl methyl sites for hydroxylation is 2. The molecule has 4 nitrogen and oxygen atoms in total. The SMILES string of the molecule is O=C1c2ccccc2C(=O)N1c1cccc(CCc2ccccn2)c1. The van der Waals surface area contributed by atoms with E-state index in [1.165, 1.54) is 4.90 Å². The second-order valence-corrected chi connectivity index (χ2v) is 5.98. The average molecular weight is 328 g/mol. The third-order valence-electron chi connectivity index (χ3n) is 4.36. The van der Waals surface area contributed by atoms with E-state index in [0.717, 1.165) is 24.1 Å². The second-order valence-electron chi connectivity index (χ2n) is 5.98. The van der Waals surface area contributed by atoms with Crippen molar-refractivity contribution in [2.75, 3.05) is 4.90 Å². The van der Waals surface area contributed by atoms with Gasteiger partial charge in [-0.3, -0.25) is 14.6 Å². The molecule has 0 saturated carbocycles. The Morgan fingerprint density at radius 2 is 1.48 bits per heavy atom. The van der Waals surface area contributed by atoms with Gasteiger partial charge in [-0.15, -0.1) is 0 Å². The van der Waals surface area contributed by atoms with E-state index in [2.05, 4.69) is 4.98 Å². The van der Waals surface area contributed by atoms with Crippen molar-refractivity contribution in [3.63, 3.8) is 0 Å². The maximum atomic E-state index is 12.6. The molecule has 0 saturated heterocycles. The van der Waals surface area contributed by atoms with E-state index >= 15 is 0 Å². The van der Waals surface area contributed by atoms with Crippen LogP contribution in [0, 0.1) is 0 Å². The molecule has 2 aromatic carbocycles. The lowest BCUT2D eigenvalue weighted by Crippen LogP contribution is -2.29. The van der Waals surface area contributed by atoms with Crippen molar-refractivity contribution in [2.45, 2.75) is 12.8 Å². The van der Waals surface area contributed by atoms with Gasteiger partial charge in [0.15, 0.2) is 0 Å². The fourth-order valence-corrected chi connectivity index (χ4v) is 3.09. The summed E-state index contributed by atoms with van der Waals surface area (Å²) in [5.41, 5.74) is 3.64. The van der Waals surface area contributed by atoms with Crippen LogP contribution in [0.5, 0.6) is 0 Å². The highest BCUT2D eigenvalue weighted by molar-refractivity contribution is 6.34. The number of hydrogen-bond acceptors (Lipinski definition) is 3. The molecule has 0 fully saturated rings. The summed E-state index contributed by atoms with van der Waals surface area (Å²) in [7, 11) is 0. The number of hydrogen-bond donors (Lipinski definition) is 0. The number of imide groups is 1. The van der Waals surface area contributed by atoms with E-state index in [4.69, 9.17) is 0 Å². The molecule has 0 atom stereocenters. The summed E-state index contributed by atoms with van der Waals surface area (Å²) in [5.74, 6) is -0.523. The summed E-state index contributed by atoms with van der Waals surface area (Å²) in [6, 6.07) is 20.4. The van der Waals surface area contributed by atoms with Crippen LogP contribution in [0.3, 0.4) is 0 Å². The molecular formula is C21H16N2O2. The van der Waals surface area contributed by atoms with E-state index < -0.39 is 0 Å². The zero-order chi connectivity index (χ0) is 17.2. The first-order valence-corrected chi connectivity index (χ1v) is 8.21. The Morgan fingerprint density at radius 3 is 2.16 bits per heavy atom. The van der Waals surface area contributed by atoms with Crippen LogP contribution in [0.4, 0.5) is 5.69 Å². The maximum Gasteiger partial charge on any atom is 0.266 e. The minimum absolute atomic E-state index is 0.262. The van der Waals surface area contributed by atoms with E-state index in [-0.39, 0.29) is 11.8 Å². The van der Waals surface area contributed by atoms with Gasteiger partial charge < -0.3 is 0 Å². The van der Waals surface area contributed by atoms with Crippen LogP contribution in [0.15, 0.2) is 72.9 Å². The maximum absolute atomic E-state index is 12.6. The third kappa shape index (κ3) is 2.83. The van der Waals surface area contributed by atoms with Crippen LogP contribution in [0.1, 0.15) is 32.0 Å². The Hall–Kier alpha value is -3.27. The molecule has 4 heteroatoms. The first-order valence-electron chi connectivity index (χ1n) is 8.21. The van der Waals surface area contributed by atoms with Crippen molar-refractivity contribution in [2.24, 2.45) is 0 Å². The Labute approximate surface area is 145 Å². The van der Waals surface area contributed by atoms with Crippen molar-refractivity contribution >= 4 is 17.5 Å². The molecule has 0 bridgehead atoms. The van der Waals surface area contributed by atoms with Gasteiger partial charge in [0.1, 0.15) is 0 Å². The number of fused-ring (bicyclic) bond motifs is 1. The van der Waals surface area contributed by atoms with Gasteiger partial charge in [-0.25, -0.2) is 4.90 Å². The molecule has 122 valence electrons. The number of carbonyl (C=O) groups excluding carboxylic acids is 2. The van der Waals surface area contributed by atoms with Crippen molar-refractivity contribution in [3.8, 4) is 0 Å². The van der Waals surface area contributed by atoms with Crippen molar-refractivity contribution in [1.29, 1.82) is 0 Å².